The zero-order chi connectivity index (χ0) is 15.8. The number of hydrogen-bond donors (Lipinski definition) is 1. The Morgan fingerprint density at radius 2 is 1.76 bits per heavy atom. The highest BCUT2D eigenvalue weighted by atomic mass is 16.2. The molecule has 0 spiro atoms. The van der Waals surface area contributed by atoms with Crippen LogP contribution in [0, 0.1) is 13.8 Å². The van der Waals surface area contributed by atoms with E-state index in [1.165, 1.54) is 0 Å². The van der Waals surface area contributed by atoms with Gasteiger partial charge in [-0.15, -0.1) is 0 Å². The Hall–Kier alpha value is -1.84. The third kappa shape index (κ3) is 2.80. The smallest absolute Gasteiger partial charge is 0.248 e. The van der Waals surface area contributed by atoms with Crippen molar-refractivity contribution in [2.45, 2.75) is 59.2 Å². The highest BCUT2D eigenvalue weighted by Gasteiger charge is 2.44. The quantitative estimate of drug-likeness (QED) is 0.928. The number of nitrogens with zero attached hydrogens (tertiary/aromatic N) is 1. The number of nitrogens with one attached hydrogen (secondary N) is 1. The molecule has 2 amide bonds. The van der Waals surface area contributed by atoms with Crippen molar-refractivity contribution >= 4 is 11.8 Å². The number of rotatable bonds is 3. The molecule has 114 valence electrons. The van der Waals surface area contributed by atoms with Crippen molar-refractivity contribution in [1.82, 2.24) is 10.2 Å². The molecule has 0 aromatic heterocycles. The first-order valence-electron chi connectivity index (χ1n) is 7.46. The van der Waals surface area contributed by atoms with Crippen LogP contribution in [0.2, 0.25) is 0 Å². The molecule has 1 fully saturated rings. The van der Waals surface area contributed by atoms with E-state index in [9.17, 15) is 9.59 Å². The van der Waals surface area contributed by atoms with Crippen LogP contribution in [0.3, 0.4) is 0 Å². The van der Waals surface area contributed by atoms with Gasteiger partial charge in [0.1, 0.15) is 11.6 Å². The van der Waals surface area contributed by atoms with Gasteiger partial charge in [-0.25, -0.2) is 0 Å². The van der Waals surface area contributed by atoms with E-state index in [1.54, 1.807) is 18.7 Å². The Morgan fingerprint density at radius 1 is 1.19 bits per heavy atom. The predicted molar refractivity (Wildman–Crippen MR) is 82.8 cm³/mol. The van der Waals surface area contributed by atoms with Gasteiger partial charge in [0.2, 0.25) is 11.8 Å². The van der Waals surface area contributed by atoms with E-state index < -0.39 is 5.54 Å². The number of carbonyl (C=O) groups is 2. The minimum Gasteiger partial charge on any atom is -0.340 e. The number of carbonyl (C=O) groups excluding carboxylic acids is 2. The van der Waals surface area contributed by atoms with Crippen molar-refractivity contribution in [1.29, 1.82) is 0 Å². The molecule has 21 heavy (non-hydrogen) atoms. The van der Waals surface area contributed by atoms with E-state index >= 15 is 0 Å². The molecule has 4 nitrogen and oxygen atoms in total. The first-order valence-corrected chi connectivity index (χ1v) is 7.46. The Bertz CT molecular complexity index is 558. The summed E-state index contributed by atoms with van der Waals surface area (Å²) in [6.07, 6.45) is 0.624. The third-order valence-corrected chi connectivity index (χ3v) is 4.27. The molecule has 1 aromatic carbocycles. The fourth-order valence-corrected chi connectivity index (χ4v) is 2.94. The minimum absolute atomic E-state index is 0.0170. The minimum atomic E-state index is -0.834. The van der Waals surface area contributed by atoms with Gasteiger partial charge >= 0.3 is 0 Å². The van der Waals surface area contributed by atoms with Crippen molar-refractivity contribution in [3.63, 3.8) is 0 Å². The Balaban J connectivity index is 2.39. The Morgan fingerprint density at radius 3 is 2.29 bits per heavy atom. The summed E-state index contributed by atoms with van der Waals surface area (Å²) in [4.78, 5) is 26.7. The van der Waals surface area contributed by atoms with Crippen LogP contribution in [0.25, 0.3) is 0 Å². The molecule has 0 radical (unpaired) electrons. The lowest BCUT2D eigenvalue weighted by atomic mass is 9.93. The monoisotopic (exact) mass is 288 g/mol. The molecule has 0 saturated carbocycles. The fourth-order valence-electron chi connectivity index (χ4n) is 2.94. The summed E-state index contributed by atoms with van der Waals surface area (Å²) >= 11 is 0. The molecule has 1 saturated heterocycles. The highest BCUT2D eigenvalue weighted by Crippen LogP contribution is 2.24. The average Bonchev–Trinajstić information content (AvgIpc) is 2.39. The number of aryl methyl sites for hydroxylation is 2. The van der Waals surface area contributed by atoms with Crippen LogP contribution in [-0.4, -0.2) is 28.3 Å². The first-order chi connectivity index (χ1) is 9.77. The molecular formula is C17H24N2O2. The van der Waals surface area contributed by atoms with Gasteiger partial charge < -0.3 is 10.2 Å². The lowest BCUT2D eigenvalue weighted by Crippen LogP contribution is -2.67. The van der Waals surface area contributed by atoms with E-state index in [-0.39, 0.29) is 17.9 Å². The zero-order valence-electron chi connectivity index (χ0n) is 13.5. The predicted octanol–water partition coefficient (Wildman–Crippen LogP) is 2.32. The molecule has 1 heterocycles. The normalized spacial score (nSPS) is 21.4. The molecule has 4 heteroatoms. The topological polar surface area (TPSA) is 49.4 Å². The summed E-state index contributed by atoms with van der Waals surface area (Å²) in [5, 5.41) is 2.82. The lowest BCUT2D eigenvalue weighted by molar-refractivity contribution is -0.154. The SMILES string of the molecule is CCC1C(=O)NC(C)(C)C(=O)N1Cc1c(C)cccc1C. The maximum absolute atomic E-state index is 12.7. The van der Waals surface area contributed by atoms with Gasteiger partial charge in [-0.1, -0.05) is 25.1 Å². The van der Waals surface area contributed by atoms with E-state index in [1.807, 2.05) is 39.0 Å². The van der Waals surface area contributed by atoms with Gasteiger partial charge in [-0.2, -0.15) is 0 Å². The molecular weight excluding hydrogens is 264 g/mol. The lowest BCUT2D eigenvalue weighted by Gasteiger charge is -2.43. The van der Waals surface area contributed by atoms with Gasteiger partial charge in [0.15, 0.2) is 0 Å². The van der Waals surface area contributed by atoms with E-state index in [0.29, 0.717) is 13.0 Å². The average molecular weight is 288 g/mol. The fraction of sp³-hybridized carbons (Fsp3) is 0.529. The maximum Gasteiger partial charge on any atom is 0.248 e. The van der Waals surface area contributed by atoms with Crippen molar-refractivity contribution < 1.29 is 9.59 Å². The standard InChI is InChI=1S/C17H24N2O2/c1-6-14-15(20)18-17(4,5)16(21)19(14)10-13-11(2)8-7-9-12(13)3/h7-9,14H,6,10H2,1-5H3,(H,18,20). The van der Waals surface area contributed by atoms with Crippen LogP contribution in [-0.2, 0) is 16.1 Å². The second kappa shape index (κ2) is 5.51. The number of amides is 2. The second-order valence-corrected chi connectivity index (χ2v) is 6.34. The molecule has 0 bridgehead atoms. The summed E-state index contributed by atoms with van der Waals surface area (Å²) in [5.74, 6) is -0.0788. The van der Waals surface area contributed by atoms with Gasteiger partial charge in [0.05, 0.1) is 0 Å². The Labute approximate surface area is 126 Å². The molecule has 1 atom stereocenters. The summed E-state index contributed by atoms with van der Waals surface area (Å²) in [6, 6.07) is 5.72. The molecule has 1 unspecified atom stereocenters. The molecule has 1 aliphatic rings. The third-order valence-electron chi connectivity index (χ3n) is 4.27. The van der Waals surface area contributed by atoms with Gasteiger partial charge in [0.25, 0.3) is 0 Å². The molecule has 1 N–H and O–H groups in total. The highest BCUT2D eigenvalue weighted by molar-refractivity contribution is 5.99. The summed E-state index contributed by atoms with van der Waals surface area (Å²) in [7, 11) is 0. The van der Waals surface area contributed by atoms with Crippen LogP contribution in [0.4, 0.5) is 0 Å². The molecule has 2 rings (SSSR count). The van der Waals surface area contributed by atoms with Gasteiger partial charge in [-0.05, 0) is 50.8 Å². The van der Waals surface area contributed by atoms with E-state index in [0.717, 1.165) is 16.7 Å². The number of benzene rings is 1. The van der Waals surface area contributed by atoms with Crippen LogP contribution in [0.1, 0.15) is 43.9 Å². The van der Waals surface area contributed by atoms with Gasteiger partial charge in [0, 0.05) is 6.54 Å². The summed E-state index contributed by atoms with van der Waals surface area (Å²) in [6.45, 7) is 10.0. The zero-order valence-corrected chi connectivity index (χ0v) is 13.5. The Kier molecular flexibility index (Phi) is 4.08. The summed E-state index contributed by atoms with van der Waals surface area (Å²) < 4.78 is 0. The van der Waals surface area contributed by atoms with E-state index in [4.69, 9.17) is 0 Å². The van der Waals surface area contributed by atoms with Crippen LogP contribution < -0.4 is 5.32 Å². The van der Waals surface area contributed by atoms with Crippen LogP contribution in [0.5, 0.6) is 0 Å². The van der Waals surface area contributed by atoms with Crippen molar-refractivity contribution in [2.75, 3.05) is 0 Å². The van der Waals surface area contributed by atoms with E-state index in [2.05, 4.69) is 5.32 Å². The van der Waals surface area contributed by atoms with Crippen LogP contribution in [0.15, 0.2) is 18.2 Å². The number of hydrogen-bond acceptors (Lipinski definition) is 2. The largest absolute Gasteiger partial charge is 0.340 e. The molecule has 1 aliphatic heterocycles. The first kappa shape index (κ1) is 15.5. The van der Waals surface area contributed by atoms with Crippen molar-refractivity contribution in [2.24, 2.45) is 0 Å². The summed E-state index contributed by atoms with van der Waals surface area (Å²) in [5.41, 5.74) is 2.61. The maximum atomic E-state index is 12.7. The van der Waals surface area contributed by atoms with Gasteiger partial charge in [-0.3, -0.25) is 9.59 Å². The van der Waals surface area contributed by atoms with Crippen molar-refractivity contribution in [3.05, 3.63) is 34.9 Å². The molecule has 1 aromatic rings. The molecule has 0 aliphatic carbocycles. The second-order valence-electron chi connectivity index (χ2n) is 6.34. The van der Waals surface area contributed by atoms with Crippen LogP contribution >= 0.6 is 0 Å². The van der Waals surface area contributed by atoms with Crippen molar-refractivity contribution in [3.8, 4) is 0 Å². The number of piperazine rings is 1.